The van der Waals surface area contributed by atoms with E-state index in [1.54, 1.807) is 0 Å². The van der Waals surface area contributed by atoms with Crippen molar-refractivity contribution in [2.75, 3.05) is 13.2 Å². The number of unbranched alkanes of at least 4 members (excludes halogenated alkanes) is 25. The van der Waals surface area contributed by atoms with E-state index in [9.17, 15) is 34.5 Å². The maximum Gasteiger partial charge on any atom is 0.335 e. The standard InChI is InChI=1S/C61H104O12/c1-4-7-10-13-16-19-22-25-27-30-32-35-38-41-44-47-53(62)69-50-52(71-54(63)48-45-42-39-36-33-29-24-21-18-15-12-9-6-3)51-70-61-59(57(66)56(65)58(73-61)60(67)68)72-55(64)49-46-43-40-37-34-31-28-26-23-20-17-14-11-8-5-2/h9,12,16,18-19,21,25,27,29,33,52,56-59,61,65-66H,4-8,10-11,13-15,17,20,22-24,26,28,30-32,34-51H2,1-3H3,(H,67,68)/b12-9-,19-16-,21-18-,27-25-,33-29-. The lowest BCUT2D eigenvalue weighted by atomic mass is 9.98. The van der Waals surface area contributed by atoms with Crippen LogP contribution in [-0.2, 0) is 42.9 Å². The van der Waals surface area contributed by atoms with Crippen LogP contribution in [0.3, 0.4) is 0 Å². The zero-order valence-electron chi connectivity index (χ0n) is 46.1. The van der Waals surface area contributed by atoms with Gasteiger partial charge in [-0.05, 0) is 83.5 Å². The molecule has 3 N–H and O–H groups in total. The van der Waals surface area contributed by atoms with Crippen LogP contribution in [0.2, 0.25) is 0 Å². The SMILES string of the molecule is CC/C=C\C/C=C\C/C=C\CCCCCC(=O)OC(COC(=O)CCCCCCC/C=C\C/C=C\CCCCC)COC1OC(C(=O)O)C(O)C(O)C1OC(=O)CCCCCCCCCCCCCCCCC. The summed E-state index contributed by atoms with van der Waals surface area (Å²) < 4.78 is 28.4. The highest BCUT2D eigenvalue weighted by atomic mass is 16.7. The highest BCUT2D eigenvalue weighted by Gasteiger charge is 2.50. The third-order valence-electron chi connectivity index (χ3n) is 13.1. The molecule has 1 aliphatic heterocycles. The Morgan fingerprint density at radius 1 is 0.466 bits per heavy atom. The Balaban J connectivity index is 2.71. The number of hydrogen-bond donors (Lipinski definition) is 3. The number of rotatable bonds is 49. The lowest BCUT2D eigenvalue weighted by Gasteiger charge is -2.40. The molecule has 0 radical (unpaired) electrons. The number of allylic oxidation sites excluding steroid dienone is 10. The molecule has 1 fully saturated rings. The van der Waals surface area contributed by atoms with Crippen molar-refractivity contribution in [3.05, 3.63) is 60.8 Å². The summed E-state index contributed by atoms with van der Waals surface area (Å²) in [6.45, 7) is 5.82. The number of ether oxygens (including phenoxy) is 5. The molecule has 73 heavy (non-hydrogen) atoms. The van der Waals surface area contributed by atoms with Crippen molar-refractivity contribution in [3.8, 4) is 0 Å². The molecule has 420 valence electrons. The predicted octanol–water partition coefficient (Wildman–Crippen LogP) is 14.8. The van der Waals surface area contributed by atoms with Crippen LogP contribution in [0.5, 0.6) is 0 Å². The van der Waals surface area contributed by atoms with Gasteiger partial charge in [-0.25, -0.2) is 4.79 Å². The number of carboxylic acids is 1. The summed E-state index contributed by atoms with van der Waals surface area (Å²) in [5, 5.41) is 31.5. The van der Waals surface area contributed by atoms with E-state index in [0.29, 0.717) is 19.3 Å². The molecule has 0 aliphatic carbocycles. The molecule has 1 aliphatic rings. The minimum Gasteiger partial charge on any atom is -0.479 e. The van der Waals surface area contributed by atoms with Gasteiger partial charge in [0.2, 0.25) is 0 Å². The average Bonchev–Trinajstić information content (AvgIpc) is 3.37. The lowest BCUT2D eigenvalue weighted by molar-refractivity contribution is -0.301. The van der Waals surface area contributed by atoms with Gasteiger partial charge in [0.05, 0.1) is 6.61 Å². The van der Waals surface area contributed by atoms with Crippen LogP contribution >= 0.6 is 0 Å². The predicted molar refractivity (Wildman–Crippen MR) is 294 cm³/mol. The highest BCUT2D eigenvalue weighted by molar-refractivity contribution is 5.74. The zero-order chi connectivity index (χ0) is 53.3. The van der Waals surface area contributed by atoms with Crippen molar-refractivity contribution >= 4 is 23.9 Å². The number of carbonyl (C=O) groups excluding carboxylic acids is 3. The Kier molecular flexibility index (Phi) is 45.5. The Hall–Kier alpha value is -3.58. The van der Waals surface area contributed by atoms with Gasteiger partial charge < -0.3 is 39.0 Å². The van der Waals surface area contributed by atoms with E-state index >= 15 is 0 Å². The van der Waals surface area contributed by atoms with E-state index in [1.165, 1.54) is 83.5 Å². The first kappa shape index (κ1) is 67.4. The van der Waals surface area contributed by atoms with Gasteiger partial charge in [0.25, 0.3) is 0 Å². The molecule has 12 heteroatoms. The Morgan fingerprint density at radius 2 is 0.863 bits per heavy atom. The Bertz CT molecular complexity index is 1500. The molecule has 0 bridgehead atoms. The molecule has 0 aromatic heterocycles. The molecule has 1 rings (SSSR count). The topological polar surface area (TPSA) is 175 Å². The first-order valence-electron chi connectivity index (χ1n) is 29.3. The molecular formula is C61H104O12. The van der Waals surface area contributed by atoms with Crippen LogP contribution in [0.15, 0.2) is 60.8 Å². The fourth-order valence-electron chi connectivity index (χ4n) is 8.59. The van der Waals surface area contributed by atoms with Crippen LogP contribution in [-0.4, -0.2) is 89.2 Å². The van der Waals surface area contributed by atoms with Crippen molar-refractivity contribution < 1.29 is 58.2 Å². The third kappa shape index (κ3) is 39.5. The van der Waals surface area contributed by atoms with Gasteiger partial charge in [0.1, 0.15) is 18.8 Å². The number of esters is 3. The zero-order valence-corrected chi connectivity index (χ0v) is 46.1. The van der Waals surface area contributed by atoms with Crippen LogP contribution in [0.1, 0.15) is 252 Å². The second-order valence-electron chi connectivity index (χ2n) is 19.9. The molecule has 0 spiro atoms. The van der Waals surface area contributed by atoms with E-state index in [4.69, 9.17) is 23.7 Å². The van der Waals surface area contributed by atoms with Crippen LogP contribution in [0.25, 0.3) is 0 Å². The van der Waals surface area contributed by atoms with Crippen molar-refractivity contribution in [2.24, 2.45) is 0 Å². The van der Waals surface area contributed by atoms with Gasteiger partial charge >= 0.3 is 23.9 Å². The van der Waals surface area contributed by atoms with E-state index in [2.05, 4.69) is 81.5 Å². The maximum atomic E-state index is 13.1. The summed E-state index contributed by atoms with van der Waals surface area (Å²) >= 11 is 0. The number of aliphatic hydroxyl groups is 2. The second kappa shape index (κ2) is 49.3. The van der Waals surface area contributed by atoms with E-state index in [-0.39, 0.29) is 25.9 Å². The number of aliphatic carboxylic acids is 1. The quantitative estimate of drug-likeness (QED) is 0.0228. The molecule has 1 heterocycles. The molecular weight excluding hydrogens is 925 g/mol. The molecule has 1 saturated heterocycles. The van der Waals surface area contributed by atoms with Crippen molar-refractivity contribution in [1.82, 2.24) is 0 Å². The number of carbonyl (C=O) groups is 4. The monoisotopic (exact) mass is 1030 g/mol. The second-order valence-corrected chi connectivity index (χ2v) is 19.9. The fraction of sp³-hybridized carbons (Fsp3) is 0.770. The van der Waals surface area contributed by atoms with E-state index < -0.39 is 67.3 Å². The lowest BCUT2D eigenvalue weighted by Crippen LogP contribution is -2.61. The van der Waals surface area contributed by atoms with Gasteiger partial charge in [-0.1, -0.05) is 210 Å². The summed E-state index contributed by atoms with van der Waals surface area (Å²) in [6.07, 6.45) is 47.6. The summed E-state index contributed by atoms with van der Waals surface area (Å²) in [4.78, 5) is 51.1. The van der Waals surface area contributed by atoms with Crippen molar-refractivity contribution in [2.45, 2.75) is 289 Å². The third-order valence-corrected chi connectivity index (χ3v) is 13.1. The van der Waals surface area contributed by atoms with Crippen molar-refractivity contribution in [1.29, 1.82) is 0 Å². The maximum absolute atomic E-state index is 13.1. The highest BCUT2D eigenvalue weighted by Crippen LogP contribution is 2.26. The van der Waals surface area contributed by atoms with Crippen LogP contribution in [0, 0.1) is 0 Å². The van der Waals surface area contributed by atoms with Gasteiger partial charge in [0, 0.05) is 19.3 Å². The first-order chi connectivity index (χ1) is 35.6. The molecule has 0 amide bonds. The minimum absolute atomic E-state index is 0.0579. The first-order valence-corrected chi connectivity index (χ1v) is 29.3. The molecule has 0 saturated carbocycles. The van der Waals surface area contributed by atoms with E-state index in [0.717, 1.165) is 109 Å². The summed E-state index contributed by atoms with van der Waals surface area (Å²) in [5.41, 5.74) is 0. The van der Waals surface area contributed by atoms with Crippen LogP contribution in [0.4, 0.5) is 0 Å². The van der Waals surface area contributed by atoms with Gasteiger partial charge in [-0.15, -0.1) is 0 Å². The van der Waals surface area contributed by atoms with Gasteiger partial charge in [-0.3, -0.25) is 14.4 Å². The number of hydrogen-bond acceptors (Lipinski definition) is 11. The van der Waals surface area contributed by atoms with Crippen LogP contribution < -0.4 is 0 Å². The van der Waals surface area contributed by atoms with Crippen molar-refractivity contribution in [3.63, 3.8) is 0 Å². The summed E-state index contributed by atoms with van der Waals surface area (Å²) in [6, 6.07) is 0. The molecule has 6 atom stereocenters. The summed E-state index contributed by atoms with van der Waals surface area (Å²) in [7, 11) is 0. The average molecular weight is 1030 g/mol. The summed E-state index contributed by atoms with van der Waals surface area (Å²) in [5.74, 6) is -3.17. The van der Waals surface area contributed by atoms with Gasteiger partial charge in [0.15, 0.2) is 24.6 Å². The van der Waals surface area contributed by atoms with Gasteiger partial charge in [-0.2, -0.15) is 0 Å². The fourth-order valence-corrected chi connectivity index (χ4v) is 8.59. The molecule has 6 unspecified atom stereocenters. The largest absolute Gasteiger partial charge is 0.479 e. The molecule has 0 aromatic rings. The number of carboxylic acid groups (broad SMARTS) is 1. The van der Waals surface area contributed by atoms with E-state index in [1.807, 2.05) is 0 Å². The Morgan fingerprint density at radius 3 is 1.36 bits per heavy atom. The number of aliphatic hydroxyl groups excluding tert-OH is 2. The molecule has 0 aromatic carbocycles. The Labute approximate surface area is 443 Å². The smallest absolute Gasteiger partial charge is 0.335 e. The minimum atomic E-state index is -1.91. The molecule has 12 nitrogen and oxygen atoms in total. The normalized spacial score (nSPS) is 18.7.